The number of carbonyl (C=O) groups excluding carboxylic acids is 2. The standard InChI is InChI=1S/C16H17N3O5S/c1-10-8-18-14(9-17-10)16(21)24-11(2)15(20)12-4-6-13(7-5-12)19-25(3,22)23/h4-9,11,19H,1-3H3/t11-/m1/s1. The molecule has 0 unspecified atom stereocenters. The van der Waals surface area contributed by atoms with Crippen molar-refractivity contribution in [2.45, 2.75) is 20.0 Å². The Hall–Kier alpha value is -2.81. The van der Waals surface area contributed by atoms with Gasteiger partial charge in [0.1, 0.15) is 0 Å². The Balaban J connectivity index is 2.04. The quantitative estimate of drug-likeness (QED) is 0.612. The molecule has 1 aromatic heterocycles. The Bertz CT molecular complexity index is 877. The van der Waals surface area contributed by atoms with Gasteiger partial charge in [0.05, 0.1) is 18.1 Å². The van der Waals surface area contributed by atoms with E-state index in [1.54, 1.807) is 6.92 Å². The molecule has 0 aliphatic heterocycles. The first kappa shape index (κ1) is 18.5. The molecule has 25 heavy (non-hydrogen) atoms. The van der Waals surface area contributed by atoms with Crippen LogP contribution in [0.15, 0.2) is 36.7 Å². The number of esters is 1. The molecule has 1 atom stereocenters. The maximum atomic E-state index is 12.3. The molecule has 0 spiro atoms. The van der Waals surface area contributed by atoms with E-state index in [9.17, 15) is 18.0 Å². The van der Waals surface area contributed by atoms with E-state index in [1.807, 2.05) is 0 Å². The first-order chi connectivity index (χ1) is 11.7. The van der Waals surface area contributed by atoms with Crippen molar-refractivity contribution in [3.63, 3.8) is 0 Å². The number of Topliss-reactive ketones (excluding diaryl/α,β-unsaturated/α-hetero) is 1. The normalized spacial score (nSPS) is 12.3. The number of sulfonamides is 1. The maximum absolute atomic E-state index is 12.3. The van der Waals surface area contributed by atoms with E-state index in [0.717, 1.165) is 6.26 Å². The lowest BCUT2D eigenvalue weighted by molar-refractivity contribution is 0.0312. The average Bonchev–Trinajstić information content (AvgIpc) is 2.54. The van der Waals surface area contributed by atoms with Gasteiger partial charge in [-0.3, -0.25) is 14.5 Å². The molecule has 0 saturated heterocycles. The minimum atomic E-state index is -3.39. The molecule has 9 heteroatoms. The number of benzene rings is 1. The van der Waals surface area contributed by atoms with Crippen LogP contribution in [-0.4, -0.2) is 42.5 Å². The number of ether oxygens (including phenoxy) is 1. The zero-order chi connectivity index (χ0) is 18.6. The summed E-state index contributed by atoms with van der Waals surface area (Å²) in [4.78, 5) is 32.1. The highest BCUT2D eigenvalue weighted by atomic mass is 32.2. The van der Waals surface area contributed by atoms with Gasteiger partial charge in [-0.2, -0.15) is 0 Å². The van der Waals surface area contributed by atoms with Gasteiger partial charge in [-0.25, -0.2) is 18.2 Å². The van der Waals surface area contributed by atoms with Crippen LogP contribution in [-0.2, 0) is 14.8 Å². The van der Waals surface area contributed by atoms with Gasteiger partial charge in [-0.1, -0.05) is 0 Å². The van der Waals surface area contributed by atoms with Gasteiger partial charge in [0.25, 0.3) is 0 Å². The molecule has 0 amide bonds. The summed E-state index contributed by atoms with van der Waals surface area (Å²) in [6, 6.07) is 5.81. The summed E-state index contributed by atoms with van der Waals surface area (Å²) in [5.74, 6) is -1.16. The lowest BCUT2D eigenvalue weighted by Crippen LogP contribution is -2.25. The van der Waals surface area contributed by atoms with Crippen molar-refractivity contribution < 1.29 is 22.7 Å². The Morgan fingerprint density at radius 2 is 1.76 bits per heavy atom. The van der Waals surface area contributed by atoms with Crippen LogP contribution >= 0.6 is 0 Å². The molecule has 1 heterocycles. The van der Waals surface area contributed by atoms with E-state index >= 15 is 0 Å². The first-order valence-electron chi connectivity index (χ1n) is 7.27. The highest BCUT2D eigenvalue weighted by Gasteiger charge is 2.21. The fourth-order valence-electron chi connectivity index (χ4n) is 1.92. The van der Waals surface area contributed by atoms with Crippen LogP contribution in [0.1, 0.15) is 33.5 Å². The molecule has 0 aliphatic carbocycles. The molecule has 1 aromatic carbocycles. The molecule has 0 bridgehead atoms. The van der Waals surface area contributed by atoms with E-state index in [1.165, 1.54) is 43.6 Å². The van der Waals surface area contributed by atoms with Crippen molar-refractivity contribution in [1.82, 2.24) is 9.97 Å². The summed E-state index contributed by atoms with van der Waals surface area (Å²) in [5.41, 5.74) is 1.29. The number of rotatable bonds is 6. The third-order valence-corrected chi connectivity index (χ3v) is 3.72. The van der Waals surface area contributed by atoms with Crippen molar-refractivity contribution in [3.05, 3.63) is 53.6 Å². The van der Waals surface area contributed by atoms with Gasteiger partial charge in [0.15, 0.2) is 11.8 Å². The zero-order valence-corrected chi connectivity index (χ0v) is 14.7. The van der Waals surface area contributed by atoms with Gasteiger partial charge in [-0.15, -0.1) is 0 Å². The molecule has 132 valence electrons. The fraction of sp³-hybridized carbons (Fsp3) is 0.250. The van der Waals surface area contributed by atoms with Gasteiger partial charge < -0.3 is 4.74 Å². The second kappa shape index (κ2) is 7.39. The van der Waals surface area contributed by atoms with Gasteiger partial charge in [0, 0.05) is 17.4 Å². The van der Waals surface area contributed by atoms with Gasteiger partial charge >= 0.3 is 5.97 Å². The number of aryl methyl sites for hydroxylation is 1. The van der Waals surface area contributed by atoms with E-state index in [4.69, 9.17) is 4.74 Å². The van der Waals surface area contributed by atoms with E-state index < -0.39 is 27.9 Å². The summed E-state index contributed by atoms with van der Waals surface area (Å²) < 4.78 is 29.7. The molecule has 0 radical (unpaired) electrons. The van der Waals surface area contributed by atoms with Crippen LogP contribution in [0, 0.1) is 6.92 Å². The van der Waals surface area contributed by atoms with E-state index in [-0.39, 0.29) is 11.3 Å². The molecule has 0 fully saturated rings. The number of ketones is 1. The van der Waals surface area contributed by atoms with E-state index in [2.05, 4.69) is 14.7 Å². The summed E-state index contributed by atoms with van der Waals surface area (Å²) >= 11 is 0. The highest BCUT2D eigenvalue weighted by molar-refractivity contribution is 7.92. The summed E-state index contributed by atoms with van der Waals surface area (Å²) in [5, 5.41) is 0. The summed E-state index contributed by atoms with van der Waals surface area (Å²) in [6.07, 6.45) is 2.71. The van der Waals surface area contributed by atoms with Crippen molar-refractivity contribution in [1.29, 1.82) is 0 Å². The molecule has 2 aromatic rings. The number of aromatic nitrogens is 2. The predicted molar refractivity (Wildman–Crippen MR) is 90.9 cm³/mol. The number of anilines is 1. The lowest BCUT2D eigenvalue weighted by atomic mass is 10.1. The largest absolute Gasteiger partial charge is 0.449 e. The molecule has 8 nitrogen and oxygen atoms in total. The van der Waals surface area contributed by atoms with Gasteiger partial charge in [0.2, 0.25) is 15.8 Å². The summed E-state index contributed by atoms with van der Waals surface area (Å²) in [7, 11) is -3.39. The van der Waals surface area contributed by atoms with Crippen molar-refractivity contribution >= 4 is 27.5 Å². The minimum Gasteiger partial charge on any atom is -0.449 e. The first-order valence-corrected chi connectivity index (χ1v) is 9.16. The van der Waals surface area contributed by atoms with Crippen LogP contribution < -0.4 is 4.72 Å². The number of hydrogen-bond acceptors (Lipinski definition) is 7. The Labute approximate surface area is 145 Å². The predicted octanol–water partition coefficient (Wildman–Crippen LogP) is 1.58. The average molecular weight is 363 g/mol. The second-order valence-corrected chi connectivity index (χ2v) is 7.15. The number of carbonyl (C=O) groups is 2. The second-order valence-electron chi connectivity index (χ2n) is 5.41. The Kier molecular flexibility index (Phi) is 5.48. The van der Waals surface area contributed by atoms with Gasteiger partial charge in [-0.05, 0) is 38.1 Å². The Morgan fingerprint density at radius 3 is 2.28 bits per heavy atom. The van der Waals surface area contributed by atoms with Crippen LogP contribution in [0.4, 0.5) is 5.69 Å². The topological polar surface area (TPSA) is 115 Å². The zero-order valence-electron chi connectivity index (χ0n) is 13.9. The molecule has 1 N–H and O–H groups in total. The lowest BCUT2D eigenvalue weighted by Gasteiger charge is -2.12. The van der Waals surface area contributed by atoms with Crippen LogP contribution in [0.25, 0.3) is 0 Å². The maximum Gasteiger partial charge on any atom is 0.359 e. The number of nitrogens with zero attached hydrogens (tertiary/aromatic N) is 2. The number of hydrogen-bond donors (Lipinski definition) is 1. The number of nitrogens with one attached hydrogen (secondary N) is 1. The smallest absolute Gasteiger partial charge is 0.359 e. The molecular weight excluding hydrogens is 346 g/mol. The van der Waals surface area contributed by atoms with Crippen LogP contribution in [0.3, 0.4) is 0 Å². The third-order valence-electron chi connectivity index (χ3n) is 3.12. The van der Waals surface area contributed by atoms with Crippen molar-refractivity contribution in [3.8, 4) is 0 Å². The molecular formula is C16H17N3O5S. The van der Waals surface area contributed by atoms with Crippen molar-refractivity contribution in [2.75, 3.05) is 11.0 Å². The van der Waals surface area contributed by atoms with Crippen molar-refractivity contribution in [2.24, 2.45) is 0 Å². The summed E-state index contributed by atoms with van der Waals surface area (Å²) in [6.45, 7) is 3.18. The van der Waals surface area contributed by atoms with Crippen LogP contribution in [0.5, 0.6) is 0 Å². The van der Waals surface area contributed by atoms with E-state index in [0.29, 0.717) is 11.4 Å². The SMILES string of the molecule is Cc1cnc(C(=O)O[C@H](C)C(=O)c2ccc(NS(C)(=O)=O)cc2)cn1. The minimum absolute atomic E-state index is 0.0120. The monoisotopic (exact) mass is 363 g/mol. The fourth-order valence-corrected chi connectivity index (χ4v) is 2.49. The molecule has 0 saturated carbocycles. The molecule has 2 rings (SSSR count). The van der Waals surface area contributed by atoms with Crippen LogP contribution in [0.2, 0.25) is 0 Å². The third kappa shape index (κ3) is 5.35. The molecule has 0 aliphatic rings. The Morgan fingerprint density at radius 1 is 1.12 bits per heavy atom. The highest BCUT2D eigenvalue weighted by Crippen LogP contribution is 2.14.